The first-order chi connectivity index (χ1) is 8.16. The van der Waals surface area contributed by atoms with Crippen molar-refractivity contribution in [1.82, 2.24) is 5.32 Å². The van der Waals surface area contributed by atoms with E-state index in [4.69, 9.17) is 23.2 Å². The van der Waals surface area contributed by atoms with Crippen LogP contribution in [0.1, 0.15) is 15.2 Å². The van der Waals surface area contributed by atoms with Gasteiger partial charge in [0.2, 0.25) is 0 Å². The minimum Gasteiger partial charge on any atom is -0.352 e. The molecule has 1 amide bonds. The summed E-state index contributed by atoms with van der Waals surface area (Å²) in [6.45, 7) is 0.600. The van der Waals surface area contributed by atoms with E-state index in [1.807, 2.05) is 17.5 Å². The number of nitrogens with one attached hydrogen (secondary N) is 1. The Morgan fingerprint density at radius 1 is 1.41 bits per heavy atom. The van der Waals surface area contributed by atoms with Gasteiger partial charge in [-0.25, -0.2) is 0 Å². The molecule has 2 heterocycles. The van der Waals surface area contributed by atoms with Crippen molar-refractivity contribution in [3.63, 3.8) is 0 Å². The number of hydrogen-bond donors (Lipinski definition) is 1. The van der Waals surface area contributed by atoms with Gasteiger partial charge in [-0.2, -0.15) is 0 Å². The lowest BCUT2D eigenvalue weighted by atomic mass is 10.3. The summed E-state index contributed by atoms with van der Waals surface area (Å²) >= 11 is 14.6. The van der Waals surface area contributed by atoms with Crippen molar-refractivity contribution in [3.8, 4) is 0 Å². The van der Waals surface area contributed by atoms with Gasteiger partial charge in [0.25, 0.3) is 5.91 Å². The molecule has 0 atom stereocenters. The summed E-state index contributed by atoms with van der Waals surface area (Å²) < 4.78 is 0.960. The highest BCUT2D eigenvalue weighted by Crippen LogP contribution is 2.30. The molecule has 0 spiro atoms. The Morgan fingerprint density at radius 3 is 2.82 bits per heavy atom. The fourth-order valence-corrected chi connectivity index (χ4v) is 3.51. The summed E-state index contributed by atoms with van der Waals surface area (Å²) in [6.07, 6.45) is 0.832. The maximum atomic E-state index is 11.8. The van der Waals surface area contributed by atoms with E-state index in [0.717, 1.165) is 6.42 Å². The zero-order chi connectivity index (χ0) is 12.3. The lowest BCUT2D eigenvalue weighted by Crippen LogP contribution is -2.25. The molecule has 0 aliphatic carbocycles. The molecule has 0 saturated heterocycles. The van der Waals surface area contributed by atoms with Crippen LogP contribution in [0.3, 0.4) is 0 Å². The predicted octanol–water partition coefficient (Wildman–Crippen LogP) is 4.09. The van der Waals surface area contributed by atoms with Gasteiger partial charge in [0.15, 0.2) is 0 Å². The van der Waals surface area contributed by atoms with Gasteiger partial charge in [0.1, 0.15) is 4.34 Å². The zero-order valence-corrected chi connectivity index (χ0v) is 11.8. The van der Waals surface area contributed by atoms with E-state index in [0.29, 0.717) is 20.8 Å². The van der Waals surface area contributed by atoms with Gasteiger partial charge in [0.05, 0.1) is 9.90 Å². The van der Waals surface area contributed by atoms with Crippen molar-refractivity contribution < 1.29 is 4.79 Å². The first kappa shape index (κ1) is 12.9. The average molecular weight is 306 g/mol. The molecule has 0 radical (unpaired) electrons. The summed E-state index contributed by atoms with van der Waals surface area (Å²) in [6, 6.07) is 5.64. The second kappa shape index (κ2) is 5.87. The van der Waals surface area contributed by atoms with E-state index in [2.05, 4.69) is 5.32 Å². The topological polar surface area (TPSA) is 29.1 Å². The Labute approximate surface area is 117 Å². The number of amides is 1. The van der Waals surface area contributed by atoms with Crippen LogP contribution in [0.2, 0.25) is 8.67 Å². The smallest absolute Gasteiger partial charge is 0.253 e. The largest absolute Gasteiger partial charge is 0.352 e. The first-order valence-corrected chi connectivity index (χ1v) is 7.37. The van der Waals surface area contributed by atoms with Gasteiger partial charge in [-0.1, -0.05) is 29.3 Å². The molecule has 1 N–H and O–H groups in total. The van der Waals surface area contributed by atoms with Gasteiger partial charge >= 0.3 is 0 Å². The van der Waals surface area contributed by atoms with Crippen LogP contribution >= 0.6 is 45.9 Å². The van der Waals surface area contributed by atoms with Crippen molar-refractivity contribution in [2.24, 2.45) is 0 Å². The molecular formula is C11H9Cl2NOS2. The second-order valence-corrected chi connectivity index (χ2v) is 6.64. The minimum absolute atomic E-state index is 0.172. The van der Waals surface area contributed by atoms with Crippen molar-refractivity contribution in [2.45, 2.75) is 6.42 Å². The lowest BCUT2D eigenvalue weighted by molar-refractivity contribution is 0.0955. The molecule has 2 aromatic heterocycles. The molecule has 0 unspecified atom stereocenters. The van der Waals surface area contributed by atoms with Gasteiger partial charge in [0, 0.05) is 11.4 Å². The van der Waals surface area contributed by atoms with Gasteiger partial charge in [-0.15, -0.1) is 22.7 Å². The third-order valence-electron chi connectivity index (χ3n) is 2.14. The standard InChI is InChI=1S/C11H9Cl2NOS2/c12-9-6-8(10(13)17-9)11(15)14-4-3-7-2-1-5-16-7/h1-2,5-6H,3-4H2,(H,14,15). The van der Waals surface area contributed by atoms with E-state index in [-0.39, 0.29) is 5.91 Å². The Bertz CT molecular complexity index is 508. The van der Waals surface area contributed by atoms with Crippen LogP contribution in [0.4, 0.5) is 0 Å². The zero-order valence-electron chi connectivity index (χ0n) is 8.70. The molecule has 90 valence electrons. The monoisotopic (exact) mass is 305 g/mol. The minimum atomic E-state index is -0.172. The van der Waals surface area contributed by atoms with E-state index in [1.165, 1.54) is 16.2 Å². The molecule has 17 heavy (non-hydrogen) atoms. The first-order valence-electron chi connectivity index (χ1n) is 4.92. The molecule has 0 aliphatic heterocycles. The Kier molecular flexibility index (Phi) is 4.45. The summed E-state index contributed by atoms with van der Waals surface area (Å²) in [5.74, 6) is -0.172. The van der Waals surface area contributed by atoms with Crippen LogP contribution in [0.5, 0.6) is 0 Å². The molecule has 0 bridgehead atoms. The Balaban J connectivity index is 1.87. The van der Waals surface area contributed by atoms with E-state index in [9.17, 15) is 4.79 Å². The number of carbonyl (C=O) groups is 1. The highest BCUT2D eigenvalue weighted by molar-refractivity contribution is 7.20. The van der Waals surface area contributed by atoms with Crippen LogP contribution < -0.4 is 5.32 Å². The number of rotatable bonds is 4. The van der Waals surface area contributed by atoms with Crippen LogP contribution in [-0.2, 0) is 6.42 Å². The van der Waals surface area contributed by atoms with Gasteiger partial charge in [-0.05, 0) is 23.9 Å². The lowest BCUT2D eigenvalue weighted by Gasteiger charge is -2.02. The van der Waals surface area contributed by atoms with E-state index in [1.54, 1.807) is 17.4 Å². The number of hydrogen-bond acceptors (Lipinski definition) is 3. The van der Waals surface area contributed by atoms with Crippen molar-refractivity contribution in [1.29, 1.82) is 0 Å². The molecule has 0 saturated carbocycles. The third kappa shape index (κ3) is 3.45. The molecule has 0 aliphatic rings. The van der Waals surface area contributed by atoms with Crippen LogP contribution in [0.15, 0.2) is 23.6 Å². The molecule has 0 fully saturated rings. The van der Waals surface area contributed by atoms with Gasteiger partial charge < -0.3 is 5.32 Å². The maximum absolute atomic E-state index is 11.8. The average Bonchev–Trinajstić information content (AvgIpc) is 2.88. The second-order valence-electron chi connectivity index (χ2n) is 3.32. The van der Waals surface area contributed by atoms with Crippen molar-refractivity contribution >= 4 is 51.8 Å². The summed E-state index contributed by atoms with van der Waals surface area (Å²) in [5, 5.41) is 4.84. The van der Waals surface area contributed by atoms with E-state index < -0.39 is 0 Å². The van der Waals surface area contributed by atoms with Gasteiger partial charge in [-0.3, -0.25) is 4.79 Å². The highest BCUT2D eigenvalue weighted by atomic mass is 35.5. The van der Waals surface area contributed by atoms with Crippen LogP contribution in [0.25, 0.3) is 0 Å². The van der Waals surface area contributed by atoms with Crippen LogP contribution in [-0.4, -0.2) is 12.5 Å². The Hall–Kier alpha value is -0.550. The molecule has 2 nitrogen and oxygen atoms in total. The fraction of sp³-hybridized carbons (Fsp3) is 0.182. The van der Waals surface area contributed by atoms with Crippen molar-refractivity contribution in [2.75, 3.05) is 6.54 Å². The van der Waals surface area contributed by atoms with E-state index >= 15 is 0 Å². The van der Waals surface area contributed by atoms with Crippen molar-refractivity contribution in [3.05, 3.63) is 42.7 Å². The highest BCUT2D eigenvalue weighted by Gasteiger charge is 2.13. The predicted molar refractivity (Wildman–Crippen MR) is 74.7 cm³/mol. The van der Waals surface area contributed by atoms with Crippen LogP contribution in [0, 0.1) is 0 Å². The number of halogens is 2. The normalized spacial score (nSPS) is 10.5. The fourth-order valence-electron chi connectivity index (χ4n) is 1.34. The molecular weight excluding hydrogens is 297 g/mol. The molecule has 2 rings (SSSR count). The molecule has 2 aromatic rings. The number of carbonyl (C=O) groups excluding carboxylic acids is 1. The molecule has 0 aromatic carbocycles. The third-order valence-corrected chi connectivity index (χ3v) is 4.56. The summed E-state index contributed by atoms with van der Waals surface area (Å²) in [4.78, 5) is 13.0. The SMILES string of the molecule is O=C(NCCc1cccs1)c1cc(Cl)sc1Cl. The quantitative estimate of drug-likeness (QED) is 0.905. The summed E-state index contributed by atoms with van der Waals surface area (Å²) in [5.41, 5.74) is 0.452. The maximum Gasteiger partial charge on any atom is 0.253 e. The molecule has 6 heteroatoms. The summed E-state index contributed by atoms with van der Waals surface area (Å²) in [7, 11) is 0. The number of thiophene rings is 2. The Morgan fingerprint density at radius 2 is 2.24 bits per heavy atom.